The van der Waals surface area contributed by atoms with Crippen LogP contribution in [-0.2, 0) is 9.53 Å². The smallest absolute Gasteiger partial charge is 0.350 e. The first kappa shape index (κ1) is 18.5. The molecule has 1 N–H and O–H groups in total. The summed E-state index contributed by atoms with van der Waals surface area (Å²) in [6.45, 7) is 5.03. The Morgan fingerprint density at radius 3 is 2.25 bits per heavy atom. The van der Waals surface area contributed by atoms with Gasteiger partial charge < -0.3 is 10.1 Å². The zero-order valence-electron chi connectivity index (χ0n) is 12.9. The molecule has 20 heavy (non-hydrogen) atoms. The standard InChI is InChI=1S/C16H28N2O2/c1-3-5-6-7-8-9-10-11-12-18-14-15(13-17)16(19)20-4-2/h14,18H,3-12H2,1-2H3/b15-14+. The Balaban J connectivity index is 3.54. The first-order valence-corrected chi connectivity index (χ1v) is 7.77. The van der Waals surface area contributed by atoms with Crippen LogP contribution in [0.3, 0.4) is 0 Å². The predicted octanol–water partition coefficient (Wildman–Crippen LogP) is 3.69. The molecule has 0 aromatic heterocycles. The Morgan fingerprint density at radius 2 is 1.70 bits per heavy atom. The average Bonchev–Trinajstić information content (AvgIpc) is 2.45. The van der Waals surface area contributed by atoms with E-state index < -0.39 is 5.97 Å². The molecule has 0 bridgehead atoms. The minimum atomic E-state index is -0.557. The topological polar surface area (TPSA) is 62.1 Å². The second kappa shape index (κ2) is 13.9. The monoisotopic (exact) mass is 280 g/mol. The molecule has 0 unspecified atom stereocenters. The Hall–Kier alpha value is -1.50. The van der Waals surface area contributed by atoms with E-state index in [4.69, 9.17) is 10.00 Å². The minimum Gasteiger partial charge on any atom is -0.462 e. The van der Waals surface area contributed by atoms with Gasteiger partial charge in [0.1, 0.15) is 6.07 Å². The maximum Gasteiger partial charge on any atom is 0.350 e. The lowest BCUT2D eigenvalue weighted by Gasteiger charge is -2.03. The van der Waals surface area contributed by atoms with Crippen molar-refractivity contribution >= 4 is 5.97 Å². The molecule has 0 saturated carbocycles. The number of unbranched alkanes of at least 4 members (excludes halogenated alkanes) is 7. The van der Waals surface area contributed by atoms with Gasteiger partial charge in [0.2, 0.25) is 0 Å². The van der Waals surface area contributed by atoms with Crippen LogP contribution in [0.2, 0.25) is 0 Å². The number of carbonyl (C=O) groups is 1. The molecule has 0 atom stereocenters. The quantitative estimate of drug-likeness (QED) is 0.256. The van der Waals surface area contributed by atoms with Crippen LogP contribution < -0.4 is 5.32 Å². The lowest BCUT2D eigenvalue weighted by molar-refractivity contribution is -0.138. The second-order valence-electron chi connectivity index (χ2n) is 4.82. The summed E-state index contributed by atoms with van der Waals surface area (Å²) in [6, 6.07) is 1.84. The molecular weight excluding hydrogens is 252 g/mol. The highest BCUT2D eigenvalue weighted by Gasteiger charge is 2.08. The van der Waals surface area contributed by atoms with Gasteiger partial charge in [0.15, 0.2) is 5.57 Å². The summed E-state index contributed by atoms with van der Waals surface area (Å²) in [6.07, 6.45) is 11.6. The van der Waals surface area contributed by atoms with Crippen LogP contribution in [0.5, 0.6) is 0 Å². The molecule has 0 aliphatic carbocycles. The second-order valence-corrected chi connectivity index (χ2v) is 4.82. The van der Waals surface area contributed by atoms with Gasteiger partial charge in [-0.15, -0.1) is 0 Å². The Kier molecular flexibility index (Phi) is 12.9. The summed E-state index contributed by atoms with van der Waals surface area (Å²) in [7, 11) is 0. The first-order chi connectivity index (χ1) is 9.76. The summed E-state index contributed by atoms with van der Waals surface area (Å²) < 4.78 is 4.77. The van der Waals surface area contributed by atoms with Crippen molar-refractivity contribution in [2.24, 2.45) is 0 Å². The Labute approximate surface area is 123 Å². The maximum atomic E-state index is 11.3. The van der Waals surface area contributed by atoms with Crippen molar-refractivity contribution in [1.82, 2.24) is 5.32 Å². The maximum absolute atomic E-state index is 11.3. The number of hydrogen-bond donors (Lipinski definition) is 1. The largest absolute Gasteiger partial charge is 0.462 e. The number of nitrogens with zero attached hydrogens (tertiary/aromatic N) is 1. The molecule has 0 radical (unpaired) electrons. The fraction of sp³-hybridized carbons (Fsp3) is 0.750. The Bertz CT molecular complexity index is 319. The third-order valence-corrected chi connectivity index (χ3v) is 3.04. The third kappa shape index (κ3) is 10.4. The zero-order chi connectivity index (χ0) is 15.1. The van der Waals surface area contributed by atoms with Gasteiger partial charge in [0.25, 0.3) is 0 Å². The molecule has 0 heterocycles. The highest BCUT2D eigenvalue weighted by Crippen LogP contribution is 2.07. The van der Waals surface area contributed by atoms with Crippen molar-refractivity contribution in [3.8, 4) is 6.07 Å². The molecule has 0 amide bonds. The SMILES string of the molecule is CCCCCCCCCCN/C=C(\C#N)C(=O)OCC. The van der Waals surface area contributed by atoms with E-state index in [-0.39, 0.29) is 12.2 Å². The van der Waals surface area contributed by atoms with Crippen LogP contribution in [0, 0.1) is 11.3 Å². The molecule has 4 nitrogen and oxygen atoms in total. The van der Waals surface area contributed by atoms with E-state index in [0.29, 0.717) is 0 Å². The van der Waals surface area contributed by atoms with Crippen molar-refractivity contribution in [2.45, 2.75) is 65.2 Å². The molecule has 0 aliphatic heterocycles. The van der Waals surface area contributed by atoms with E-state index in [0.717, 1.165) is 13.0 Å². The van der Waals surface area contributed by atoms with E-state index in [1.54, 1.807) is 6.92 Å². The summed E-state index contributed by atoms with van der Waals surface area (Å²) in [5.41, 5.74) is 0.0337. The number of nitrogens with one attached hydrogen (secondary N) is 1. The lowest BCUT2D eigenvalue weighted by atomic mass is 10.1. The van der Waals surface area contributed by atoms with Gasteiger partial charge >= 0.3 is 5.97 Å². The molecule has 114 valence electrons. The highest BCUT2D eigenvalue weighted by atomic mass is 16.5. The molecule has 0 spiro atoms. The zero-order valence-corrected chi connectivity index (χ0v) is 12.9. The molecule has 0 aromatic carbocycles. The van der Waals surface area contributed by atoms with Crippen LogP contribution in [0.15, 0.2) is 11.8 Å². The molecule has 0 aliphatic rings. The van der Waals surface area contributed by atoms with Crippen LogP contribution in [0.1, 0.15) is 65.2 Å². The summed E-state index contributed by atoms with van der Waals surface area (Å²) >= 11 is 0. The van der Waals surface area contributed by atoms with Crippen molar-refractivity contribution in [3.05, 3.63) is 11.8 Å². The molecule has 0 rings (SSSR count). The normalized spacial score (nSPS) is 10.9. The van der Waals surface area contributed by atoms with Gasteiger partial charge in [-0.3, -0.25) is 0 Å². The van der Waals surface area contributed by atoms with Crippen LogP contribution in [-0.4, -0.2) is 19.1 Å². The van der Waals surface area contributed by atoms with E-state index in [2.05, 4.69) is 12.2 Å². The van der Waals surface area contributed by atoms with Crippen molar-refractivity contribution in [2.75, 3.05) is 13.2 Å². The lowest BCUT2D eigenvalue weighted by Crippen LogP contribution is -2.13. The van der Waals surface area contributed by atoms with Gasteiger partial charge in [-0.2, -0.15) is 5.26 Å². The van der Waals surface area contributed by atoms with E-state index in [1.165, 1.54) is 51.1 Å². The predicted molar refractivity (Wildman–Crippen MR) is 80.9 cm³/mol. The van der Waals surface area contributed by atoms with Crippen LogP contribution in [0.4, 0.5) is 0 Å². The molecule has 0 aromatic rings. The summed E-state index contributed by atoms with van der Waals surface area (Å²) in [4.78, 5) is 11.3. The van der Waals surface area contributed by atoms with E-state index in [9.17, 15) is 4.79 Å². The third-order valence-electron chi connectivity index (χ3n) is 3.04. The van der Waals surface area contributed by atoms with Gasteiger partial charge in [-0.25, -0.2) is 4.79 Å². The van der Waals surface area contributed by atoms with E-state index >= 15 is 0 Å². The minimum absolute atomic E-state index is 0.0337. The molecule has 0 saturated heterocycles. The molecular formula is C16H28N2O2. The van der Waals surface area contributed by atoms with Gasteiger partial charge in [0.05, 0.1) is 6.61 Å². The van der Waals surface area contributed by atoms with Gasteiger partial charge in [-0.1, -0.05) is 51.9 Å². The highest BCUT2D eigenvalue weighted by molar-refractivity contribution is 5.92. The van der Waals surface area contributed by atoms with Crippen molar-refractivity contribution in [1.29, 1.82) is 5.26 Å². The number of carbonyl (C=O) groups excluding carboxylic acids is 1. The number of rotatable bonds is 12. The Morgan fingerprint density at radius 1 is 1.10 bits per heavy atom. The number of ether oxygens (including phenoxy) is 1. The fourth-order valence-corrected chi connectivity index (χ4v) is 1.88. The fourth-order valence-electron chi connectivity index (χ4n) is 1.88. The van der Waals surface area contributed by atoms with Crippen molar-refractivity contribution < 1.29 is 9.53 Å². The average molecular weight is 280 g/mol. The summed E-state index contributed by atoms with van der Waals surface area (Å²) in [5, 5.41) is 11.8. The van der Waals surface area contributed by atoms with Crippen LogP contribution in [0.25, 0.3) is 0 Å². The molecule has 4 heteroatoms. The number of hydrogen-bond acceptors (Lipinski definition) is 4. The number of esters is 1. The van der Waals surface area contributed by atoms with E-state index in [1.807, 2.05) is 6.07 Å². The number of nitriles is 1. The molecule has 0 fully saturated rings. The van der Waals surface area contributed by atoms with Gasteiger partial charge in [0, 0.05) is 12.7 Å². The van der Waals surface area contributed by atoms with Crippen LogP contribution >= 0.6 is 0 Å². The first-order valence-electron chi connectivity index (χ1n) is 7.77. The van der Waals surface area contributed by atoms with Gasteiger partial charge in [-0.05, 0) is 13.3 Å². The van der Waals surface area contributed by atoms with Crippen molar-refractivity contribution in [3.63, 3.8) is 0 Å². The summed E-state index contributed by atoms with van der Waals surface area (Å²) in [5.74, 6) is -0.557.